The second-order valence-corrected chi connectivity index (χ2v) is 5.51. The van der Waals surface area contributed by atoms with Crippen LogP contribution in [-0.4, -0.2) is 19.0 Å². The Labute approximate surface area is 146 Å². The molecule has 0 radical (unpaired) electrons. The van der Waals surface area contributed by atoms with E-state index in [1.54, 1.807) is 0 Å². The molecule has 8 heteroatoms. The zero-order valence-corrected chi connectivity index (χ0v) is 13.7. The smallest absolute Gasteiger partial charge is 0.416 e. The summed E-state index contributed by atoms with van der Waals surface area (Å²) in [6, 6.07) is 8.52. The van der Waals surface area contributed by atoms with Crippen LogP contribution in [0.2, 0.25) is 5.02 Å². The lowest BCUT2D eigenvalue weighted by Gasteiger charge is -2.10. The first kappa shape index (κ1) is 18.8. The van der Waals surface area contributed by atoms with E-state index in [9.17, 15) is 22.8 Å². The maximum Gasteiger partial charge on any atom is 0.416 e. The first-order valence-electron chi connectivity index (χ1n) is 7.04. The Kier molecular flexibility index (Phi) is 5.69. The van der Waals surface area contributed by atoms with E-state index >= 15 is 0 Å². The van der Waals surface area contributed by atoms with Crippen molar-refractivity contribution in [3.05, 3.63) is 64.2 Å². The summed E-state index contributed by atoms with van der Waals surface area (Å²) in [5.74, 6) is -1.07. The van der Waals surface area contributed by atoms with Gasteiger partial charge in [-0.2, -0.15) is 13.2 Å². The summed E-state index contributed by atoms with van der Waals surface area (Å²) in [5, 5.41) is 2.74. The Bertz CT molecular complexity index is 789. The summed E-state index contributed by atoms with van der Waals surface area (Å²) >= 11 is 5.97. The fraction of sp³-hybridized carbons (Fsp3) is 0.176. The first-order chi connectivity index (χ1) is 11.7. The normalized spacial score (nSPS) is 11.1. The molecule has 0 spiro atoms. The molecule has 1 N–H and O–H groups in total. The molecular formula is C17H13ClF3NO3. The van der Waals surface area contributed by atoms with Gasteiger partial charge in [0.1, 0.15) is 0 Å². The predicted octanol–water partition coefficient (Wildman–Crippen LogP) is 4.33. The van der Waals surface area contributed by atoms with Gasteiger partial charge in [-0.05, 0) is 35.9 Å². The van der Waals surface area contributed by atoms with Crippen molar-refractivity contribution in [1.82, 2.24) is 0 Å². The minimum atomic E-state index is -4.43. The van der Waals surface area contributed by atoms with Crippen LogP contribution in [0, 0.1) is 0 Å². The van der Waals surface area contributed by atoms with E-state index in [1.165, 1.54) is 37.4 Å². The van der Waals surface area contributed by atoms with Crippen LogP contribution in [-0.2, 0) is 22.1 Å². The number of esters is 1. The molecule has 0 aliphatic heterocycles. The largest absolute Gasteiger partial charge is 0.465 e. The van der Waals surface area contributed by atoms with Crippen LogP contribution in [0.1, 0.15) is 21.5 Å². The number of nitrogens with one attached hydrogen (secondary N) is 1. The fourth-order valence-corrected chi connectivity index (χ4v) is 2.22. The van der Waals surface area contributed by atoms with Crippen LogP contribution in [0.3, 0.4) is 0 Å². The molecule has 0 atom stereocenters. The van der Waals surface area contributed by atoms with Gasteiger partial charge in [-0.25, -0.2) is 4.79 Å². The highest BCUT2D eigenvalue weighted by atomic mass is 35.5. The lowest BCUT2D eigenvalue weighted by Crippen LogP contribution is -2.15. The lowest BCUT2D eigenvalue weighted by atomic mass is 10.1. The summed E-state index contributed by atoms with van der Waals surface area (Å²) < 4.78 is 42.1. The molecule has 0 bridgehead atoms. The monoisotopic (exact) mass is 371 g/mol. The number of rotatable bonds is 4. The SMILES string of the molecule is COC(=O)c1ccc(Cl)c(NC(=O)Cc2ccc(C(F)(F)F)cc2)c1. The molecule has 0 heterocycles. The minimum Gasteiger partial charge on any atom is -0.465 e. The van der Waals surface area contributed by atoms with Crippen molar-refractivity contribution in [3.63, 3.8) is 0 Å². The molecule has 0 unspecified atom stereocenters. The van der Waals surface area contributed by atoms with Gasteiger partial charge in [0.2, 0.25) is 5.91 Å². The van der Waals surface area contributed by atoms with Crippen molar-refractivity contribution < 1.29 is 27.5 Å². The molecular weight excluding hydrogens is 359 g/mol. The van der Waals surface area contributed by atoms with Crippen molar-refractivity contribution in [2.24, 2.45) is 0 Å². The Hall–Kier alpha value is -2.54. The number of amides is 1. The van der Waals surface area contributed by atoms with Crippen molar-refractivity contribution >= 4 is 29.2 Å². The number of anilines is 1. The van der Waals surface area contributed by atoms with Gasteiger partial charge >= 0.3 is 12.1 Å². The number of benzene rings is 2. The van der Waals surface area contributed by atoms with Gasteiger partial charge in [0.15, 0.2) is 0 Å². The van der Waals surface area contributed by atoms with Crippen molar-refractivity contribution in [3.8, 4) is 0 Å². The summed E-state index contributed by atoms with van der Waals surface area (Å²) in [6.07, 6.45) is -4.57. The van der Waals surface area contributed by atoms with E-state index in [0.29, 0.717) is 5.56 Å². The third-order valence-electron chi connectivity index (χ3n) is 3.31. The summed E-state index contributed by atoms with van der Waals surface area (Å²) in [4.78, 5) is 23.6. The zero-order valence-electron chi connectivity index (χ0n) is 13.0. The Morgan fingerprint density at radius 3 is 2.32 bits per heavy atom. The van der Waals surface area contributed by atoms with Gasteiger partial charge in [-0.15, -0.1) is 0 Å². The Morgan fingerprint density at radius 1 is 1.12 bits per heavy atom. The predicted molar refractivity (Wildman–Crippen MR) is 86.6 cm³/mol. The molecule has 0 aliphatic rings. The van der Waals surface area contributed by atoms with E-state index < -0.39 is 23.6 Å². The van der Waals surface area contributed by atoms with Crippen LogP contribution in [0.15, 0.2) is 42.5 Å². The average Bonchev–Trinajstić information content (AvgIpc) is 2.55. The standard InChI is InChI=1S/C17H13ClF3NO3/c1-25-16(24)11-4-7-13(18)14(9-11)22-15(23)8-10-2-5-12(6-3-10)17(19,20)21/h2-7,9H,8H2,1H3,(H,22,23). The topological polar surface area (TPSA) is 55.4 Å². The van der Waals surface area contributed by atoms with Crippen molar-refractivity contribution in [2.75, 3.05) is 12.4 Å². The third-order valence-corrected chi connectivity index (χ3v) is 3.64. The average molecular weight is 372 g/mol. The minimum absolute atomic E-state index is 0.142. The summed E-state index contributed by atoms with van der Waals surface area (Å²) in [7, 11) is 1.22. The fourth-order valence-electron chi connectivity index (χ4n) is 2.06. The van der Waals surface area contributed by atoms with Crippen LogP contribution in [0.25, 0.3) is 0 Å². The van der Waals surface area contributed by atoms with Gasteiger partial charge in [0.25, 0.3) is 0 Å². The molecule has 2 aromatic carbocycles. The number of carbonyl (C=O) groups excluding carboxylic acids is 2. The van der Waals surface area contributed by atoms with E-state index in [0.717, 1.165) is 12.1 Å². The van der Waals surface area contributed by atoms with E-state index in [2.05, 4.69) is 10.1 Å². The van der Waals surface area contributed by atoms with Gasteiger partial charge < -0.3 is 10.1 Å². The highest BCUT2D eigenvalue weighted by Gasteiger charge is 2.29. The molecule has 2 aromatic rings. The second-order valence-electron chi connectivity index (χ2n) is 5.11. The Balaban J connectivity index is 2.09. The maximum absolute atomic E-state index is 12.5. The van der Waals surface area contributed by atoms with Gasteiger partial charge in [0.05, 0.1) is 35.4 Å². The highest BCUT2D eigenvalue weighted by molar-refractivity contribution is 6.33. The summed E-state index contributed by atoms with van der Waals surface area (Å²) in [5.41, 5.74) is 0.0365. The molecule has 1 amide bonds. The van der Waals surface area contributed by atoms with E-state index in [1.807, 2.05) is 0 Å². The van der Waals surface area contributed by atoms with E-state index in [4.69, 9.17) is 11.6 Å². The van der Waals surface area contributed by atoms with Crippen LogP contribution in [0.5, 0.6) is 0 Å². The van der Waals surface area contributed by atoms with Gasteiger partial charge in [0, 0.05) is 0 Å². The van der Waals surface area contributed by atoms with Gasteiger partial charge in [-0.3, -0.25) is 4.79 Å². The molecule has 132 valence electrons. The Morgan fingerprint density at radius 2 is 1.76 bits per heavy atom. The molecule has 2 rings (SSSR count). The van der Waals surface area contributed by atoms with Crippen LogP contribution >= 0.6 is 11.6 Å². The maximum atomic E-state index is 12.5. The number of hydrogen-bond donors (Lipinski definition) is 1. The number of hydrogen-bond acceptors (Lipinski definition) is 3. The first-order valence-corrected chi connectivity index (χ1v) is 7.42. The number of halogens is 4. The molecule has 0 aromatic heterocycles. The van der Waals surface area contributed by atoms with Crippen molar-refractivity contribution in [1.29, 1.82) is 0 Å². The molecule has 0 saturated heterocycles. The van der Waals surface area contributed by atoms with Crippen molar-refractivity contribution in [2.45, 2.75) is 12.6 Å². The second kappa shape index (κ2) is 7.57. The third kappa shape index (κ3) is 4.96. The number of carbonyl (C=O) groups is 2. The molecule has 0 saturated carbocycles. The number of alkyl halides is 3. The quantitative estimate of drug-likeness (QED) is 0.814. The molecule has 0 aliphatic carbocycles. The van der Waals surface area contributed by atoms with Crippen LogP contribution < -0.4 is 5.32 Å². The number of ether oxygens (including phenoxy) is 1. The summed E-state index contributed by atoms with van der Waals surface area (Å²) in [6.45, 7) is 0. The zero-order chi connectivity index (χ0) is 18.6. The lowest BCUT2D eigenvalue weighted by molar-refractivity contribution is -0.137. The van der Waals surface area contributed by atoms with Crippen LogP contribution in [0.4, 0.5) is 18.9 Å². The highest BCUT2D eigenvalue weighted by Crippen LogP contribution is 2.29. The van der Waals surface area contributed by atoms with E-state index in [-0.39, 0.29) is 22.7 Å². The molecule has 25 heavy (non-hydrogen) atoms. The number of methoxy groups -OCH3 is 1. The van der Waals surface area contributed by atoms with Gasteiger partial charge in [-0.1, -0.05) is 23.7 Å². The molecule has 0 fully saturated rings. The molecule has 4 nitrogen and oxygen atoms in total.